The molecule has 0 atom stereocenters. The molecule has 1 aliphatic rings. The average Bonchev–Trinajstić information content (AvgIpc) is 3.18. The van der Waals surface area contributed by atoms with Gasteiger partial charge in [0.05, 0.1) is 27.7 Å². The van der Waals surface area contributed by atoms with Crippen molar-refractivity contribution < 1.29 is 4.79 Å². The largest absolute Gasteiger partial charge is 0.339 e. The topological polar surface area (TPSA) is 51.0 Å². The van der Waals surface area contributed by atoms with E-state index in [0.29, 0.717) is 0 Å². The summed E-state index contributed by atoms with van der Waals surface area (Å²) in [4.78, 5) is 22.6. The van der Waals surface area contributed by atoms with Crippen molar-refractivity contribution >= 4 is 28.3 Å². The Morgan fingerprint density at radius 2 is 1.89 bits per heavy atom. The van der Waals surface area contributed by atoms with Gasteiger partial charge in [-0.15, -0.1) is 11.3 Å². The summed E-state index contributed by atoms with van der Waals surface area (Å²) >= 11 is 1.71. The van der Waals surface area contributed by atoms with Gasteiger partial charge in [0.2, 0.25) is 0 Å². The predicted molar refractivity (Wildman–Crippen MR) is 110 cm³/mol. The van der Waals surface area contributed by atoms with E-state index in [1.165, 1.54) is 17.7 Å². The molecule has 4 heterocycles. The number of thiophene rings is 1. The fourth-order valence-electron chi connectivity index (χ4n) is 3.72. The standard InChI is InChI=1S/C21H26N4OS/c1-14(2)25-20-17(13-22-25)16(21(26)24-10-6-4-5-7-11-24)12-18(23-20)19-9-8-15(3)27-19/h8-9,12-14H,4-7,10-11H2,1-3H3. The molecular weight excluding hydrogens is 356 g/mol. The van der Waals surface area contributed by atoms with Gasteiger partial charge in [0.1, 0.15) is 0 Å². The second-order valence-electron chi connectivity index (χ2n) is 7.59. The van der Waals surface area contributed by atoms with Crippen LogP contribution >= 0.6 is 11.3 Å². The molecule has 142 valence electrons. The third kappa shape index (κ3) is 3.50. The number of nitrogens with zero attached hydrogens (tertiary/aromatic N) is 4. The Hall–Kier alpha value is -2.21. The average molecular weight is 383 g/mol. The van der Waals surface area contributed by atoms with Crippen LogP contribution in [0.1, 0.15) is 60.8 Å². The minimum Gasteiger partial charge on any atom is -0.339 e. The van der Waals surface area contributed by atoms with Crippen LogP contribution in [0.25, 0.3) is 21.6 Å². The summed E-state index contributed by atoms with van der Waals surface area (Å²) in [5, 5.41) is 5.38. The third-order valence-corrected chi connectivity index (χ3v) is 6.20. The third-order valence-electron chi connectivity index (χ3n) is 5.17. The van der Waals surface area contributed by atoms with Crippen LogP contribution < -0.4 is 0 Å². The molecule has 6 heteroatoms. The molecule has 0 aliphatic carbocycles. The Labute approximate surface area is 164 Å². The van der Waals surface area contributed by atoms with Crippen LogP contribution in [0, 0.1) is 6.92 Å². The first-order chi connectivity index (χ1) is 13.0. The van der Waals surface area contributed by atoms with Gasteiger partial charge >= 0.3 is 0 Å². The molecule has 3 aromatic rings. The first-order valence-electron chi connectivity index (χ1n) is 9.79. The lowest BCUT2D eigenvalue weighted by Crippen LogP contribution is -2.32. The van der Waals surface area contributed by atoms with Gasteiger partial charge in [-0.05, 0) is 51.8 Å². The number of aromatic nitrogens is 3. The number of fused-ring (bicyclic) bond motifs is 1. The number of carbonyl (C=O) groups is 1. The second-order valence-corrected chi connectivity index (χ2v) is 8.88. The molecule has 0 unspecified atom stereocenters. The molecule has 27 heavy (non-hydrogen) atoms. The Balaban J connectivity index is 1.86. The Kier molecular flexibility index (Phi) is 5.00. The summed E-state index contributed by atoms with van der Waals surface area (Å²) < 4.78 is 1.92. The van der Waals surface area contributed by atoms with Crippen molar-refractivity contribution in [3.63, 3.8) is 0 Å². The first kappa shape index (κ1) is 18.2. The van der Waals surface area contributed by atoms with Crippen LogP contribution in [-0.4, -0.2) is 38.7 Å². The van der Waals surface area contributed by atoms with E-state index in [1.807, 2.05) is 15.6 Å². The van der Waals surface area contributed by atoms with Crippen LogP contribution in [0.2, 0.25) is 0 Å². The molecule has 1 saturated heterocycles. The van der Waals surface area contributed by atoms with Crippen LogP contribution in [-0.2, 0) is 0 Å². The zero-order valence-electron chi connectivity index (χ0n) is 16.2. The molecular formula is C21H26N4OS. The van der Waals surface area contributed by atoms with Gasteiger partial charge in [-0.25, -0.2) is 9.67 Å². The van der Waals surface area contributed by atoms with Crippen molar-refractivity contribution in [2.24, 2.45) is 0 Å². The maximum atomic E-state index is 13.4. The van der Waals surface area contributed by atoms with Crippen molar-refractivity contribution in [1.29, 1.82) is 0 Å². The van der Waals surface area contributed by atoms with E-state index in [9.17, 15) is 4.79 Å². The van der Waals surface area contributed by atoms with Crippen LogP contribution in [0.3, 0.4) is 0 Å². The number of rotatable bonds is 3. The Morgan fingerprint density at radius 1 is 1.15 bits per heavy atom. The van der Waals surface area contributed by atoms with Gasteiger partial charge in [-0.3, -0.25) is 4.79 Å². The molecule has 3 aromatic heterocycles. The van der Waals surface area contributed by atoms with Crippen LogP contribution in [0.5, 0.6) is 0 Å². The SMILES string of the molecule is Cc1ccc(-c2cc(C(=O)N3CCCCCC3)c3cnn(C(C)C)c3n2)s1. The summed E-state index contributed by atoms with van der Waals surface area (Å²) in [6, 6.07) is 6.34. The summed E-state index contributed by atoms with van der Waals surface area (Å²) in [6.07, 6.45) is 6.39. The highest BCUT2D eigenvalue weighted by molar-refractivity contribution is 7.15. The van der Waals surface area contributed by atoms with E-state index >= 15 is 0 Å². The van der Waals surface area contributed by atoms with Gasteiger partial charge in [0.15, 0.2) is 5.65 Å². The number of hydrogen-bond acceptors (Lipinski definition) is 4. The maximum Gasteiger partial charge on any atom is 0.254 e. The van der Waals surface area contributed by atoms with Gasteiger partial charge in [0.25, 0.3) is 5.91 Å². The van der Waals surface area contributed by atoms with Gasteiger partial charge in [-0.1, -0.05) is 12.8 Å². The molecule has 0 N–H and O–H groups in total. The minimum atomic E-state index is 0.113. The fraction of sp³-hybridized carbons (Fsp3) is 0.476. The smallest absolute Gasteiger partial charge is 0.254 e. The number of likely N-dealkylation sites (tertiary alicyclic amines) is 1. The quantitative estimate of drug-likeness (QED) is 0.636. The number of pyridine rings is 1. The molecule has 0 aromatic carbocycles. The highest BCUT2D eigenvalue weighted by Crippen LogP contribution is 2.31. The highest BCUT2D eigenvalue weighted by atomic mass is 32.1. The lowest BCUT2D eigenvalue weighted by molar-refractivity contribution is 0.0763. The molecule has 1 aliphatic heterocycles. The molecule has 1 fully saturated rings. The minimum absolute atomic E-state index is 0.113. The summed E-state index contributed by atoms with van der Waals surface area (Å²) in [7, 11) is 0. The van der Waals surface area contributed by atoms with Crippen molar-refractivity contribution in [3.05, 3.63) is 34.8 Å². The maximum absolute atomic E-state index is 13.4. The van der Waals surface area contributed by atoms with E-state index in [-0.39, 0.29) is 11.9 Å². The molecule has 4 rings (SSSR count). The fourth-order valence-corrected chi connectivity index (χ4v) is 4.54. The molecule has 5 nitrogen and oxygen atoms in total. The number of carbonyl (C=O) groups excluding carboxylic acids is 1. The summed E-state index contributed by atoms with van der Waals surface area (Å²) in [6.45, 7) is 7.95. The Bertz CT molecular complexity index is 964. The molecule has 0 spiro atoms. The summed E-state index contributed by atoms with van der Waals surface area (Å²) in [5.41, 5.74) is 2.39. The number of amides is 1. The zero-order chi connectivity index (χ0) is 19.0. The van der Waals surface area contributed by atoms with E-state index in [2.05, 4.69) is 38.0 Å². The molecule has 0 bridgehead atoms. The van der Waals surface area contributed by atoms with E-state index in [1.54, 1.807) is 17.5 Å². The van der Waals surface area contributed by atoms with E-state index in [4.69, 9.17) is 4.98 Å². The van der Waals surface area contributed by atoms with Crippen molar-refractivity contribution in [1.82, 2.24) is 19.7 Å². The van der Waals surface area contributed by atoms with Crippen LogP contribution in [0.4, 0.5) is 0 Å². The second kappa shape index (κ2) is 7.43. The molecule has 1 amide bonds. The Morgan fingerprint density at radius 3 is 2.52 bits per heavy atom. The monoisotopic (exact) mass is 382 g/mol. The van der Waals surface area contributed by atoms with Crippen molar-refractivity contribution in [2.45, 2.75) is 52.5 Å². The van der Waals surface area contributed by atoms with Crippen molar-refractivity contribution in [2.75, 3.05) is 13.1 Å². The summed E-state index contributed by atoms with van der Waals surface area (Å²) in [5.74, 6) is 0.113. The van der Waals surface area contributed by atoms with Gasteiger partial charge in [-0.2, -0.15) is 5.10 Å². The number of hydrogen-bond donors (Lipinski definition) is 0. The van der Waals surface area contributed by atoms with Crippen LogP contribution in [0.15, 0.2) is 24.4 Å². The van der Waals surface area contributed by atoms with E-state index in [0.717, 1.165) is 53.1 Å². The number of aryl methyl sites for hydroxylation is 1. The lowest BCUT2D eigenvalue weighted by atomic mass is 10.1. The highest BCUT2D eigenvalue weighted by Gasteiger charge is 2.23. The molecule has 0 radical (unpaired) electrons. The molecule has 0 saturated carbocycles. The van der Waals surface area contributed by atoms with Crippen molar-refractivity contribution in [3.8, 4) is 10.6 Å². The first-order valence-corrected chi connectivity index (χ1v) is 10.6. The normalized spacial score (nSPS) is 15.5. The van der Waals surface area contributed by atoms with Gasteiger partial charge in [0, 0.05) is 24.0 Å². The van der Waals surface area contributed by atoms with Gasteiger partial charge < -0.3 is 4.90 Å². The lowest BCUT2D eigenvalue weighted by Gasteiger charge is -2.21. The van der Waals surface area contributed by atoms with E-state index < -0.39 is 0 Å². The predicted octanol–water partition coefficient (Wildman–Crippen LogP) is 5.07. The zero-order valence-corrected chi connectivity index (χ0v) is 17.1.